The molecule has 1 aromatic rings. The van der Waals surface area contributed by atoms with Crippen LogP contribution in [0.2, 0.25) is 0 Å². The highest BCUT2D eigenvalue weighted by Crippen LogP contribution is 2.43. The zero-order valence-electron chi connectivity index (χ0n) is 9.95. The third kappa shape index (κ3) is 2.38. The summed E-state index contributed by atoms with van der Waals surface area (Å²) in [5.74, 6) is 1.15. The summed E-state index contributed by atoms with van der Waals surface area (Å²) < 4.78 is 0. The van der Waals surface area contributed by atoms with Crippen LogP contribution in [0.1, 0.15) is 31.7 Å². The molecular formula is C14H21NO. The van der Waals surface area contributed by atoms with Crippen molar-refractivity contribution in [3.05, 3.63) is 29.8 Å². The number of phenolic OH excluding ortho intramolecular Hbond substituents is 1. The number of phenols is 1. The van der Waals surface area contributed by atoms with Gasteiger partial charge in [-0.05, 0) is 54.8 Å². The number of hydrogen-bond donors (Lipinski definition) is 2. The van der Waals surface area contributed by atoms with E-state index in [2.05, 4.69) is 13.0 Å². The SMILES string of the molecule is CC1CCC(CN)(Cc2cccc(O)c2)C1. The molecular weight excluding hydrogens is 198 g/mol. The Morgan fingerprint density at radius 3 is 2.88 bits per heavy atom. The molecule has 0 amide bonds. The summed E-state index contributed by atoms with van der Waals surface area (Å²) in [6.45, 7) is 3.06. The highest BCUT2D eigenvalue weighted by molar-refractivity contribution is 5.28. The number of hydrogen-bond acceptors (Lipinski definition) is 2. The van der Waals surface area contributed by atoms with Gasteiger partial charge in [0, 0.05) is 0 Å². The van der Waals surface area contributed by atoms with Crippen LogP contribution in [0.3, 0.4) is 0 Å². The fourth-order valence-electron chi connectivity index (χ4n) is 3.01. The summed E-state index contributed by atoms with van der Waals surface area (Å²) in [4.78, 5) is 0. The number of benzene rings is 1. The van der Waals surface area contributed by atoms with Crippen molar-refractivity contribution in [3.8, 4) is 5.75 Å². The quantitative estimate of drug-likeness (QED) is 0.821. The van der Waals surface area contributed by atoms with Crippen LogP contribution in [0.5, 0.6) is 5.75 Å². The first-order valence-corrected chi connectivity index (χ1v) is 6.11. The average molecular weight is 219 g/mol. The Hall–Kier alpha value is -1.02. The first kappa shape index (κ1) is 11.5. The minimum atomic E-state index is 0.271. The van der Waals surface area contributed by atoms with Gasteiger partial charge in [-0.1, -0.05) is 25.5 Å². The second-order valence-electron chi connectivity index (χ2n) is 5.40. The minimum Gasteiger partial charge on any atom is -0.508 e. The molecule has 2 unspecified atom stereocenters. The van der Waals surface area contributed by atoms with E-state index in [-0.39, 0.29) is 5.41 Å². The maximum atomic E-state index is 9.46. The van der Waals surface area contributed by atoms with Crippen molar-refractivity contribution in [2.75, 3.05) is 6.54 Å². The van der Waals surface area contributed by atoms with E-state index in [0.29, 0.717) is 5.75 Å². The maximum absolute atomic E-state index is 9.46. The van der Waals surface area contributed by atoms with Gasteiger partial charge in [0.05, 0.1) is 0 Å². The van der Waals surface area contributed by atoms with Crippen LogP contribution in [-0.2, 0) is 6.42 Å². The average Bonchev–Trinajstić information content (AvgIpc) is 2.61. The van der Waals surface area contributed by atoms with Gasteiger partial charge in [-0.25, -0.2) is 0 Å². The Morgan fingerprint density at radius 1 is 1.50 bits per heavy atom. The molecule has 2 atom stereocenters. The first-order valence-electron chi connectivity index (χ1n) is 6.11. The molecule has 0 spiro atoms. The van der Waals surface area contributed by atoms with Crippen LogP contribution in [0, 0.1) is 11.3 Å². The molecule has 88 valence electrons. The number of aromatic hydroxyl groups is 1. The molecule has 0 aromatic heterocycles. The van der Waals surface area contributed by atoms with Crippen LogP contribution in [0.25, 0.3) is 0 Å². The third-order valence-corrected chi connectivity index (χ3v) is 3.87. The predicted molar refractivity (Wildman–Crippen MR) is 66.3 cm³/mol. The molecule has 16 heavy (non-hydrogen) atoms. The molecule has 3 N–H and O–H groups in total. The summed E-state index contributed by atoms with van der Waals surface area (Å²) in [6, 6.07) is 7.57. The van der Waals surface area contributed by atoms with Crippen molar-refractivity contribution in [2.45, 2.75) is 32.6 Å². The molecule has 1 aromatic carbocycles. The zero-order chi connectivity index (χ0) is 11.6. The van der Waals surface area contributed by atoms with Crippen LogP contribution < -0.4 is 5.73 Å². The summed E-state index contributed by atoms with van der Waals surface area (Å²) in [6.07, 6.45) is 4.73. The Morgan fingerprint density at radius 2 is 2.31 bits per heavy atom. The lowest BCUT2D eigenvalue weighted by molar-refractivity contribution is 0.295. The van der Waals surface area contributed by atoms with E-state index in [1.807, 2.05) is 12.1 Å². The van der Waals surface area contributed by atoms with Gasteiger partial charge in [0.25, 0.3) is 0 Å². The fourth-order valence-corrected chi connectivity index (χ4v) is 3.01. The second kappa shape index (κ2) is 4.46. The Kier molecular flexibility index (Phi) is 3.20. The lowest BCUT2D eigenvalue weighted by Crippen LogP contribution is -2.30. The molecule has 0 heterocycles. The molecule has 2 rings (SSSR count). The van der Waals surface area contributed by atoms with E-state index in [9.17, 15) is 5.11 Å². The number of nitrogens with two attached hydrogens (primary N) is 1. The van der Waals surface area contributed by atoms with Crippen molar-refractivity contribution in [2.24, 2.45) is 17.1 Å². The molecule has 0 bridgehead atoms. The van der Waals surface area contributed by atoms with Gasteiger partial charge in [0.2, 0.25) is 0 Å². The van der Waals surface area contributed by atoms with Gasteiger partial charge < -0.3 is 10.8 Å². The highest BCUT2D eigenvalue weighted by Gasteiger charge is 2.36. The van der Waals surface area contributed by atoms with Gasteiger partial charge in [0.1, 0.15) is 5.75 Å². The molecule has 1 saturated carbocycles. The predicted octanol–water partition coefficient (Wildman–Crippen LogP) is 2.70. The molecule has 2 nitrogen and oxygen atoms in total. The Balaban J connectivity index is 2.13. The monoisotopic (exact) mass is 219 g/mol. The summed E-state index contributed by atoms with van der Waals surface area (Å²) in [5.41, 5.74) is 7.43. The van der Waals surface area contributed by atoms with Crippen molar-refractivity contribution in [3.63, 3.8) is 0 Å². The molecule has 0 saturated heterocycles. The van der Waals surface area contributed by atoms with Crippen LogP contribution in [0.4, 0.5) is 0 Å². The lowest BCUT2D eigenvalue weighted by atomic mass is 9.79. The summed E-state index contributed by atoms with van der Waals surface area (Å²) in [5, 5.41) is 9.46. The van der Waals surface area contributed by atoms with Gasteiger partial charge in [-0.2, -0.15) is 0 Å². The Labute approximate surface area is 97.5 Å². The van der Waals surface area contributed by atoms with Gasteiger partial charge >= 0.3 is 0 Å². The van der Waals surface area contributed by atoms with Crippen molar-refractivity contribution in [1.29, 1.82) is 0 Å². The molecule has 1 fully saturated rings. The van der Waals surface area contributed by atoms with Crippen LogP contribution >= 0.6 is 0 Å². The molecule has 0 aliphatic heterocycles. The summed E-state index contributed by atoms with van der Waals surface area (Å²) in [7, 11) is 0. The van der Waals surface area contributed by atoms with E-state index in [1.165, 1.54) is 24.8 Å². The molecule has 1 aliphatic rings. The Bertz CT molecular complexity index is 364. The second-order valence-corrected chi connectivity index (χ2v) is 5.40. The van der Waals surface area contributed by atoms with E-state index in [4.69, 9.17) is 5.73 Å². The van der Waals surface area contributed by atoms with Gasteiger partial charge in [-0.15, -0.1) is 0 Å². The summed E-state index contributed by atoms with van der Waals surface area (Å²) >= 11 is 0. The van der Waals surface area contributed by atoms with Crippen molar-refractivity contribution in [1.82, 2.24) is 0 Å². The third-order valence-electron chi connectivity index (χ3n) is 3.87. The largest absolute Gasteiger partial charge is 0.508 e. The fraction of sp³-hybridized carbons (Fsp3) is 0.571. The number of rotatable bonds is 3. The normalized spacial score (nSPS) is 29.5. The van der Waals surface area contributed by atoms with Crippen molar-refractivity contribution >= 4 is 0 Å². The zero-order valence-corrected chi connectivity index (χ0v) is 9.95. The maximum Gasteiger partial charge on any atom is 0.115 e. The highest BCUT2D eigenvalue weighted by atomic mass is 16.3. The standard InChI is InChI=1S/C14H21NO/c1-11-5-6-14(8-11,10-15)9-12-3-2-4-13(16)7-12/h2-4,7,11,16H,5-6,8-10,15H2,1H3. The van der Waals surface area contributed by atoms with Crippen LogP contribution in [-0.4, -0.2) is 11.7 Å². The van der Waals surface area contributed by atoms with E-state index >= 15 is 0 Å². The van der Waals surface area contributed by atoms with Gasteiger partial charge in [-0.3, -0.25) is 0 Å². The first-order chi connectivity index (χ1) is 7.63. The molecule has 1 aliphatic carbocycles. The van der Waals surface area contributed by atoms with E-state index < -0.39 is 0 Å². The molecule has 0 radical (unpaired) electrons. The smallest absolute Gasteiger partial charge is 0.115 e. The van der Waals surface area contributed by atoms with E-state index in [0.717, 1.165) is 18.9 Å². The minimum absolute atomic E-state index is 0.271. The van der Waals surface area contributed by atoms with Gasteiger partial charge in [0.15, 0.2) is 0 Å². The topological polar surface area (TPSA) is 46.2 Å². The van der Waals surface area contributed by atoms with Crippen molar-refractivity contribution < 1.29 is 5.11 Å². The molecule has 2 heteroatoms. The lowest BCUT2D eigenvalue weighted by Gasteiger charge is -2.27. The van der Waals surface area contributed by atoms with E-state index in [1.54, 1.807) is 6.07 Å². The van der Waals surface area contributed by atoms with Crippen LogP contribution in [0.15, 0.2) is 24.3 Å².